The van der Waals surface area contributed by atoms with Crippen LogP contribution in [0.1, 0.15) is 4.88 Å². The zero-order valence-corrected chi connectivity index (χ0v) is 7.84. The molecule has 8 heavy (non-hydrogen) atoms. The van der Waals surface area contributed by atoms with Crippen LogP contribution in [0.4, 0.5) is 0 Å². The summed E-state index contributed by atoms with van der Waals surface area (Å²) in [7, 11) is 0. The van der Waals surface area contributed by atoms with Crippen molar-refractivity contribution < 1.29 is 0 Å². The van der Waals surface area contributed by atoms with Crippen LogP contribution < -0.4 is 0 Å². The maximum atomic E-state index is 5.73. The van der Waals surface area contributed by atoms with Gasteiger partial charge in [-0.1, -0.05) is 11.6 Å². The van der Waals surface area contributed by atoms with E-state index < -0.39 is 0 Å². The van der Waals surface area contributed by atoms with E-state index in [0.29, 0.717) is 0 Å². The molecular weight excluding hydrogens is 256 g/mol. The lowest BCUT2D eigenvalue weighted by molar-refractivity contribution is 1.48. The number of aryl methyl sites for hydroxylation is 1. The third-order valence-electron chi connectivity index (χ3n) is 0.753. The Bertz CT molecular complexity index is 178. The van der Waals surface area contributed by atoms with E-state index in [9.17, 15) is 0 Å². The molecule has 44 valence electrons. The fourth-order valence-electron chi connectivity index (χ4n) is 0.334. The van der Waals surface area contributed by atoms with Gasteiger partial charge in [-0.25, -0.2) is 0 Å². The molecule has 0 amide bonds. The zero-order chi connectivity index (χ0) is 6.15. The molecule has 0 aromatic carbocycles. The summed E-state index contributed by atoms with van der Waals surface area (Å²) in [5.41, 5.74) is 0. The molecule has 0 aliphatic carbocycles. The van der Waals surface area contributed by atoms with E-state index >= 15 is 0 Å². The summed E-state index contributed by atoms with van der Waals surface area (Å²) in [6, 6.07) is 0. The van der Waals surface area contributed by atoms with Crippen molar-refractivity contribution in [2.24, 2.45) is 0 Å². The van der Waals surface area contributed by atoms with E-state index in [1.54, 1.807) is 0 Å². The first kappa shape index (κ1) is 6.77. The molecule has 0 bridgehead atoms. The van der Waals surface area contributed by atoms with Gasteiger partial charge in [-0.2, -0.15) is 4.37 Å². The number of nitrogens with zero attached hydrogens (tertiary/aromatic N) is 1. The van der Waals surface area contributed by atoms with E-state index in [0.717, 1.165) is 13.6 Å². The van der Waals surface area contributed by atoms with Gasteiger partial charge < -0.3 is 0 Å². The highest BCUT2D eigenvalue weighted by molar-refractivity contribution is 14.1. The zero-order valence-electron chi connectivity index (χ0n) is 4.11. The number of hydrogen-bond acceptors (Lipinski definition) is 2. The predicted molar refractivity (Wildman–Crippen MR) is 44.6 cm³/mol. The van der Waals surface area contributed by atoms with Crippen LogP contribution in [0.3, 0.4) is 0 Å². The molecule has 0 spiro atoms. The lowest BCUT2D eigenvalue weighted by Gasteiger charge is -1.78. The van der Waals surface area contributed by atoms with Gasteiger partial charge in [-0.3, -0.25) is 0 Å². The molecule has 0 unspecified atom stereocenters. The highest BCUT2D eigenvalue weighted by atomic mass is 127. The molecule has 0 N–H and O–H groups in total. The molecular formula is C4H3ClINS. The van der Waals surface area contributed by atoms with Gasteiger partial charge in [0.2, 0.25) is 0 Å². The topological polar surface area (TPSA) is 12.9 Å². The SMILES string of the molecule is Cc1snc(I)c1Cl. The largest absolute Gasteiger partial charge is 0.185 e. The van der Waals surface area contributed by atoms with Crippen LogP contribution in [0.15, 0.2) is 0 Å². The van der Waals surface area contributed by atoms with E-state index in [1.807, 2.05) is 6.92 Å². The van der Waals surface area contributed by atoms with Crippen molar-refractivity contribution in [2.45, 2.75) is 6.92 Å². The Morgan fingerprint density at radius 2 is 2.38 bits per heavy atom. The third kappa shape index (κ3) is 1.14. The molecule has 0 aliphatic rings. The molecule has 0 radical (unpaired) electrons. The van der Waals surface area contributed by atoms with Crippen molar-refractivity contribution >= 4 is 45.7 Å². The first-order valence-corrected chi connectivity index (χ1v) is 4.22. The Morgan fingerprint density at radius 3 is 2.50 bits per heavy atom. The minimum absolute atomic E-state index is 0.801. The maximum absolute atomic E-state index is 5.73. The van der Waals surface area contributed by atoms with Crippen LogP contribution in [-0.4, -0.2) is 4.37 Å². The van der Waals surface area contributed by atoms with Gasteiger partial charge in [0.1, 0.15) is 3.70 Å². The van der Waals surface area contributed by atoms with Gasteiger partial charge >= 0.3 is 0 Å². The Labute approximate surface area is 70.4 Å². The fraction of sp³-hybridized carbons (Fsp3) is 0.250. The predicted octanol–water partition coefficient (Wildman–Crippen LogP) is 2.71. The van der Waals surface area contributed by atoms with E-state index in [1.165, 1.54) is 11.5 Å². The summed E-state index contributed by atoms with van der Waals surface area (Å²) in [5.74, 6) is 0. The summed E-state index contributed by atoms with van der Waals surface area (Å²) in [5, 5.41) is 0.801. The van der Waals surface area contributed by atoms with Gasteiger partial charge in [0, 0.05) is 4.88 Å². The summed E-state index contributed by atoms with van der Waals surface area (Å²) in [6.45, 7) is 1.96. The van der Waals surface area contributed by atoms with Crippen LogP contribution in [0.5, 0.6) is 0 Å². The normalized spacial score (nSPS) is 9.88. The summed E-state index contributed by atoms with van der Waals surface area (Å²) in [4.78, 5) is 1.09. The average molecular weight is 259 g/mol. The summed E-state index contributed by atoms with van der Waals surface area (Å²) in [6.07, 6.45) is 0. The third-order valence-corrected chi connectivity index (χ3v) is 3.51. The van der Waals surface area contributed by atoms with Crippen LogP contribution in [-0.2, 0) is 0 Å². The monoisotopic (exact) mass is 259 g/mol. The number of halogens is 2. The van der Waals surface area contributed by atoms with Gasteiger partial charge in [0.25, 0.3) is 0 Å². The molecule has 1 aromatic rings. The lowest BCUT2D eigenvalue weighted by atomic mass is 10.6. The number of rotatable bonds is 0. The molecule has 0 saturated carbocycles. The first-order valence-electron chi connectivity index (χ1n) is 1.99. The van der Waals surface area contributed by atoms with E-state index in [2.05, 4.69) is 27.0 Å². The summed E-state index contributed by atoms with van der Waals surface area (Å²) >= 11 is 9.29. The fourth-order valence-corrected chi connectivity index (χ4v) is 1.90. The van der Waals surface area contributed by atoms with Gasteiger partial charge in [0.05, 0.1) is 5.02 Å². The van der Waals surface area contributed by atoms with E-state index in [-0.39, 0.29) is 0 Å². The standard InChI is InChI=1S/C4H3ClINS/c1-2-3(5)4(6)7-8-2/h1H3. The molecule has 1 aromatic heterocycles. The quantitative estimate of drug-likeness (QED) is 0.653. The Hall–Kier alpha value is 0.650. The van der Waals surface area contributed by atoms with Gasteiger partial charge in [0.15, 0.2) is 0 Å². The Morgan fingerprint density at radius 1 is 1.75 bits per heavy atom. The molecule has 4 heteroatoms. The van der Waals surface area contributed by atoms with Crippen LogP contribution in [0.2, 0.25) is 5.02 Å². The van der Waals surface area contributed by atoms with Crippen molar-refractivity contribution in [1.82, 2.24) is 4.37 Å². The second-order valence-electron chi connectivity index (χ2n) is 1.34. The smallest absolute Gasteiger partial charge is 0.133 e. The highest BCUT2D eigenvalue weighted by Gasteiger charge is 2.02. The van der Waals surface area contributed by atoms with Gasteiger partial charge in [-0.15, -0.1) is 0 Å². The molecule has 1 nitrogen and oxygen atoms in total. The number of hydrogen-bond donors (Lipinski definition) is 0. The van der Waals surface area contributed by atoms with Crippen molar-refractivity contribution in [3.8, 4) is 0 Å². The van der Waals surface area contributed by atoms with Crippen molar-refractivity contribution in [3.05, 3.63) is 13.6 Å². The van der Waals surface area contributed by atoms with Crippen molar-refractivity contribution in [1.29, 1.82) is 0 Å². The second-order valence-corrected chi connectivity index (χ2v) is 3.72. The van der Waals surface area contributed by atoms with Crippen LogP contribution in [0, 0.1) is 10.6 Å². The molecule has 0 fully saturated rings. The minimum atomic E-state index is 0.801. The van der Waals surface area contributed by atoms with Gasteiger partial charge in [-0.05, 0) is 41.0 Å². The van der Waals surface area contributed by atoms with Crippen LogP contribution >= 0.6 is 45.7 Å². The lowest BCUT2D eigenvalue weighted by Crippen LogP contribution is -1.64. The molecule has 1 rings (SSSR count). The van der Waals surface area contributed by atoms with E-state index in [4.69, 9.17) is 11.6 Å². The number of aromatic nitrogens is 1. The van der Waals surface area contributed by atoms with Crippen molar-refractivity contribution in [2.75, 3.05) is 0 Å². The molecule has 1 heterocycles. The maximum Gasteiger partial charge on any atom is 0.133 e. The Balaban J connectivity index is 3.19. The van der Waals surface area contributed by atoms with Crippen LogP contribution in [0.25, 0.3) is 0 Å². The molecule has 0 atom stereocenters. The Kier molecular flexibility index (Phi) is 2.11. The minimum Gasteiger partial charge on any atom is -0.185 e. The molecule has 0 aliphatic heterocycles. The first-order chi connectivity index (χ1) is 3.72. The van der Waals surface area contributed by atoms with Crippen molar-refractivity contribution in [3.63, 3.8) is 0 Å². The molecule has 0 saturated heterocycles. The average Bonchev–Trinajstić information content (AvgIpc) is 1.98. The second kappa shape index (κ2) is 2.49. The summed E-state index contributed by atoms with van der Waals surface area (Å²) < 4.78 is 4.92. The highest BCUT2D eigenvalue weighted by Crippen LogP contribution is 2.24.